The minimum Gasteiger partial charge on any atom is -0.457 e. The van der Waals surface area contributed by atoms with Gasteiger partial charge in [-0.05, 0) is 35.9 Å². The Morgan fingerprint density at radius 3 is 2.67 bits per heavy atom. The van der Waals surface area contributed by atoms with Crippen LogP contribution in [0, 0.1) is 0 Å². The Bertz CT molecular complexity index is 857. The molecule has 24 heavy (non-hydrogen) atoms. The molecule has 2 aromatic carbocycles. The van der Waals surface area contributed by atoms with Gasteiger partial charge in [-0.1, -0.05) is 36.4 Å². The van der Waals surface area contributed by atoms with E-state index in [1.807, 2.05) is 66.7 Å². The number of carbonyl (C=O) groups excluding carboxylic acids is 1. The van der Waals surface area contributed by atoms with Crippen LogP contribution in [0.25, 0.3) is 12.2 Å². The van der Waals surface area contributed by atoms with Crippen LogP contribution in [0.1, 0.15) is 20.2 Å². The minimum absolute atomic E-state index is 0.120. The second-order valence-electron chi connectivity index (χ2n) is 4.96. The molecular formula is C19H16N2O2S. The lowest BCUT2D eigenvalue weighted by Crippen LogP contribution is -2.16. The van der Waals surface area contributed by atoms with Gasteiger partial charge in [0, 0.05) is 7.05 Å². The molecule has 0 aliphatic heterocycles. The van der Waals surface area contributed by atoms with Crippen LogP contribution in [-0.4, -0.2) is 17.9 Å². The van der Waals surface area contributed by atoms with Crippen LogP contribution >= 0.6 is 11.3 Å². The number of nitrogens with zero attached hydrogens (tertiary/aromatic N) is 1. The molecule has 0 fully saturated rings. The molecule has 0 unspecified atom stereocenters. The summed E-state index contributed by atoms with van der Waals surface area (Å²) in [6, 6.07) is 17.5. The van der Waals surface area contributed by atoms with Crippen molar-refractivity contribution in [2.45, 2.75) is 0 Å². The molecular weight excluding hydrogens is 320 g/mol. The van der Waals surface area contributed by atoms with E-state index < -0.39 is 0 Å². The van der Waals surface area contributed by atoms with E-state index in [0.29, 0.717) is 4.88 Å². The van der Waals surface area contributed by atoms with E-state index in [4.69, 9.17) is 4.74 Å². The number of thiazole rings is 1. The molecule has 1 heterocycles. The third-order valence-corrected chi connectivity index (χ3v) is 4.19. The molecule has 0 atom stereocenters. The van der Waals surface area contributed by atoms with Crippen molar-refractivity contribution in [2.75, 3.05) is 7.05 Å². The van der Waals surface area contributed by atoms with E-state index >= 15 is 0 Å². The highest BCUT2D eigenvalue weighted by Crippen LogP contribution is 2.23. The summed E-state index contributed by atoms with van der Waals surface area (Å²) in [5.74, 6) is 1.45. The van der Waals surface area contributed by atoms with Crippen molar-refractivity contribution in [3.63, 3.8) is 0 Å². The zero-order chi connectivity index (χ0) is 16.8. The van der Waals surface area contributed by atoms with Crippen molar-refractivity contribution >= 4 is 29.4 Å². The second-order valence-corrected chi connectivity index (χ2v) is 6.03. The fraction of sp³-hybridized carbons (Fsp3) is 0.0526. The fourth-order valence-corrected chi connectivity index (χ4v) is 2.83. The molecule has 1 amide bonds. The SMILES string of the molecule is CNC(=O)c1cnc(/C=C/c2cccc(Oc3ccccc3)c2)s1. The first-order valence-corrected chi connectivity index (χ1v) is 8.25. The van der Waals surface area contributed by atoms with Gasteiger partial charge in [-0.25, -0.2) is 4.98 Å². The highest BCUT2D eigenvalue weighted by molar-refractivity contribution is 7.14. The highest BCUT2D eigenvalue weighted by atomic mass is 32.1. The van der Waals surface area contributed by atoms with E-state index in [1.54, 1.807) is 13.2 Å². The van der Waals surface area contributed by atoms with E-state index in [9.17, 15) is 4.79 Å². The van der Waals surface area contributed by atoms with Crippen molar-refractivity contribution in [2.24, 2.45) is 0 Å². The maximum atomic E-state index is 11.5. The summed E-state index contributed by atoms with van der Waals surface area (Å²) < 4.78 is 5.82. The van der Waals surface area contributed by atoms with Crippen LogP contribution < -0.4 is 10.1 Å². The number of nitrogens with one attached hydrogen (secondary N) is 1. The van der Waals surface area contributed by atoms with Crippen LogP contribution in [0.2, 0.25) is 0 Å². The molecule has 0 saturated heterocycles. The summed E-state index contributed by atoms with van der Waals surface area (Å²) in [6.45, 7) is 0. The van der Waals surface area contributed by atoms with E-state index in [1.165, 1.54) is 11.3 Å². The molecule has 1 N–H and O–H groups in total. The summed E-state index contributed by atoms with van der Waals surface area (Å²) in [6.07, 6.45) is 5.42. The Morgan fingerprint density at radius 1 is 1.08 bits per heavy atom. The number of amides is 1. The lowest BCUT2D eigenvalue weighted by Gasteiger charge is -2.05. The fourth-order valence-electron chi connectivity index (χ4n) is 2.07. The van der Waals surface area contributed by atoms with Crippen molar-refractivity contribution in [3.05, 3.63) is 76.2 Å². The molecule has 0 aliphatic carbocycles. The van der Waals surface area contributed by atoms with Crippen LogP contribution in [0.15, 0.2) is 60.8 Å². The molecule has 0 bridgehead atoms. The number of ether oxygens (including phenoxy) is 1. The number of aromatic nitrogens is 1. The predicted octanol–water partition coefficient (Wildman–Crippen LogP) is 4.47. The normalized spacial score (nSPS) is 10.7. The summed E-state index contributed by atoms with van der Waals surface area (Å²) in [4.78, 5) is 16.4. The average molecular weight is 336 g/mol. The summed E-state index contributed by atoms with van der Waals surface area (Å²) in [7, 11) is 1.61. The van der Waals surface area contributed by atoms with Crippen LogP contribution in [0.3, 0.4) is 0 Å². The predicted molar refractivity (Wildman–Crippen MR) is 97.4 cm³/mol. The number of carbonyl (C=O) groups is 1. The lowest BCUT2D eigenvalue weighted by atomic mass is 10.2. The van der Waals surface area contributed by atoms with Gasteiger partial charge in [0.05, 0.1) is 6.20 Å². The minimum atomic E-state index is -0.120. The smallest absolute Gasteiger partial charge is 0.262 e. The van der Waals surface area contributed by atoms with Crippen molar-refractivity contribution in [3.8, 4) is 11.5 Å². The first-order chi connectivity index (χ1) is 11.7. The Morgan fingerprint density at radius 2 is 1.88 bits per heavy atom. The first kappa shape index (κ1) is 16.0. The summed E-state index contributed by atoms with van der Waals surface area (Å²) >= 11 is 1.35. The Hall–Kier alpha value is -2.92. The molecule has 1 aromatic heterocycles. The largest absolute Gasteiger partial charge is 0.457 e. The van der Waals surface area contributed by atoms with E-state index in [0.717, 1.165) is 22.1 Å². The van der Waals surface area contributed by atoms with Crippen LogP contribution in [-0.2, 0) is 0 Å². The standard InChI is InChI=1S/C19H16N2O2S/c1-20-19(22)17-13-21-18(24-17)11-10-14-6-5-9-16(12-14)23-15-7-3-2-4-8-15/h2-13H,1H3,(H,20,22)/b11-10+. The monoisotopic (exact) mass is 336 g/mol. The molecule has 120 valence electrons. The van der Waals surface area contributed by atoms with Gasteiger partial charge >= 0.3 is 0 Å². The van der Waals surface area contributed by atoms with Crippen LogP contribution in [0.4, 0.5) is 0 Å². The Balaban J connectivity index is 1.72. The average Bonchev–Trinajstić information content (AvgIpc) is 3.09. The third-order valence-electron chi connectivity index (χ3n) is 3.23. The summed E-state index contributed by atoms with van der Waals surface area (Å²) in [5, 5.41) is 3.37. The van der Waals surface area contributed by atoms with Crippen molar-refractivity contribution in [1.82, 2.24) is 10.3 Å². The zero-order valence-electron chi connectivity index (χ0n) is 13.1. The van der Waals surface area contributed by atoms with Gasteiger partial charge in [0.15, 0.2) is 0 Å². The number of hydrogen-bond acceptors (Lipinski definition) is 4. The lowest BCUT2D eigenvalue weighted by molar-refractivity contribution is 0.0967. The maximum Gasteiger partial charge on any atom is 0.262 e. The van der Waals surface area contributed by atoms with Gasteiger partial charge in [0.2, 0.25) is 0 Å². The molecule has 0 aliphatic rings. The van der Waals surface area contributed by atoms with Gasteiger partial charge in [0.25, 0.3) is 5.91 Å². The Kier molecular flexibility index (Phi) is 5.03. The second kappa shape index (κ2) is 7.57. The Labute approximate surface area is 144 Å². The molecule has 3 rings (SSSR count). The topological polar surface area (TPSA) is 51.2 Å². The van der Waals surface area contributed by atoms with Gasteiger partial charge in [0.1, 0.15) is 21.4 Å². The first-order valence-electron chi connectivity index (χ1n) is 7.43. The molecule has 3 aromatic rings. The zero-order valence-corrected chi connectivity index (χ0v) is 13.9. The molecule has 0 radical (unpaired) electrons. The van der Waals surface area contributed by atoms with E-state index in [-0.39, 0.29) is 5.91 Å². The highest BCUT2D eigenvalue weighted by Gasteiger charge is 2.06. The van der Waals surface area contributed by atoms with Gasteiger partial charge < -0.3 is 10.1 Å². The number of hydrogen-bond donors (Lipinski definition) is 1. The number of benzene rings is 2. The quantitative estimate of drug-likeness (QED) is 0.748. The van der Waals surface area contributed by atoms with Crippen molar-refractivity contribution in [1.29, 1.82) is 0 Å². The maximum absolute atomic E-state index is 11.5. The van der Waals surface area contributed by atoms with Crippen molar-refractivity contribution < 1.29 is 9.53 Å². The van der Waals surface area contributed by atoms with Crippen LogP contribution in [0.5, 0.6) is 11.5 Å². The summed E-state index contributed by atoms with van der Waals surface area (Å²) in [5.41, 5.74) is 1.00. The molecule has 5 heteroatoms. The van der Waals surface area contributed by atoms with Gasteiger partial charge in [-0.15, -0.1) is 11.3 Å². The molecule has 0 spiro atoms. The third kappa shape index (κ3) is 4.08. The number of rotatable bonds is 5. The van der Waals surface area contributed by atoms with Gasteiger partial charge in [-0.3, -0.25) is 4.79 Å². The molecule has 4 nitrogen and oxygen atoms in total. The van der Waals surface area contributed by atoms with Gasteiger partial charge in [-0.2, -0.15) is 0 Å². The molecule has 0 saturated carbocycles. The number of para-hydroxylation sites is 1. The van der Waals surface area contributed by atoms with E-state index in [2.05, 4.69) is 10.3 Å².